The second-order valence-electron chi connectivity index (χ2n) is 7.18. The quantitative estimate of drug-likeness (QED) is 0.471. The standard InChI is InChI=1S/C23H25FN2O5/c1-4-20(28)25-16-11-9-15(10-12-16)19(27)13-31-23(30)21(14(2)3)26-22(29)17-7-5-6-8-18(17)24/h5-12,14,21H,4,13H2,1-3H3,(H,25,28)(H,26,29). The molecule has 0 aromatic heterocycles. The Morgan fingerprint density at radius 1 is 1.00 bits per heavy atom. The van der Waals surface area contributed by atoms with Crippen LogP contribution in [0.5, 0.6) is 0 Å². The number of hydrogen-bond acceptors (Lipinski definition) is 5. The van der Waals surface area contributed by atoms with E-state index in [4.69, 9.17) is 4.74 Å². The monoisotopic (exact) mass is 428 g/mol. The summed E-state index contributed by atoms with van der Waals surface area (Å²) in [6, 6.07) is 10.6. The summed E-state index contributed by atoms with van der Waals surface area (Å²) in [5, 5.41) is 5.13. The van der Waals surface area contributed by atoms with Gasteiger partial charge in [-0.15, -0.1) is 0 Å². The van der Waals surface area contributed by atoms with Crippen LogP contribution in [0.25, 0.3) is 0 Å². The van der Waals surface area contributed by atoms with Gasteiger partial charge in [0.05, 0.1) is 5.56 Å². The van der Waals surface area contributed by atoms with Crippen LogP contribution in [0.2, 0.25) is 0 Å². The molecule has 7 nitrogen and oxygen atoms in total. The van der Waals surface area contributed by atoms with Crippen LogP contribution in [-0.2, 0) is 14.3 Å². The molecule has 2 N–H and O–H groups in total. The number of ether oxygens (including phenoxy) is 1. The number of carbonyl (C=O) groups is 4. The van der Waals surface area contributed by atoms with Crippen LogP contribution in [0, 0.1) is 11.7 Å². The maximum Gasteiger partial charge on any atom is 0.329 e. The van der Waals surface area contributed by atoms with Crippen LogP contribution in [0.15, 0.2) is 48.5 Å². The Balaban J connectivity index is 1.96. The third-order valence-electron chi connectivity index (χ3n) is 4.48. The Labute approximate surface area is 180 Å². The van der Waals surface area contributed by atoms with Crippen molar-refractivity contribution in [2.75, 3.05) is 11.9 Å². The lowest BCUT2D eigenvalue weighted by atomic mass is 10.0. The first-order valence-electron chi connectivity index (χ1n) is 9.88. The van der Waals surface area contributed by atoms with Gasteiger partial charge in [0.2, 0.25) is 5.91 Å². The van der Waals surface area contributed by atoms with Crippen molar-refractivity contribution in [2.45, 2.75) is 33.2 Å². The number of benzene rings is 2. The van der Waals surface area contributed by atoms with Gasteiger partial charge in [0.25, 0.3) is 5.91 Å². The zero-order valence-corrected chi connectivity index (χ0v) is 17.6. The molecule has 1 atom stereocenters. The summed E-state index contributed by atoms with van der Waals surface area (Å²) in [5.41, 5.74) is 0.669. The van der Waals surface area contributed by atoms with Gasteiger partial charge >= 0.3 is 5.97 Å². The number of ketones is 1. The van der Waals surface area contributed by atoms with Crippen molar-refractivity contribution in [3.8, 4) is 0 Å². The minimum atomic E-state index is -1.05. The van der Waals surface area contributed by atoms with Crippen molar-refractivity contribution < 1.29 is 28.3 Å². The predicted octanol–water partition coefficient (Wildman–Crippen LogP) is 3.35. The van der Waals surface area contributed by atoms with E-state index < -0.39 is 36.1 Å². The minimum Gasteiger partial charge on any atom is -0.456 e. The lowest BCUT2D eigenvalue weighted by Gasteiger charge is -2.21. The van der Waals surface area contributed by atoms with Gasteiger partial charge in [-0.1, -0.05) is 32.9 Å². The molecule has 0 aliphatic rings. The van der Waals surface area contributed by atoms with E-state index in [0.29, 0.717) is 17.7 Å². The van der Waals surface area contributed by atoms with Crippen LogP contribution in [0.4, 0.5) is 10.1 Å². The molecular weight excluding hydrogens is 403 g/mol. The number of anilines is 1. The van der Waals surface area contributed by atoms with Gasteiger partial charge in [-0.05, 0) is 42.3 Å². The summed E-state index contributed by atoms with van der Waals surface area (Å²) in [4.78, 5) is 48.5. The molecule has 164 valence electrons. The fourth-order valence-corrected chi connectivity index (χ4v) is 2.66. The number of amides is 2. The van der Waals surface area contributed by atoms with Crippen LogP contribution in [0.1, 0.15) is 47.9 Å². The molecule has 0 saturated heterocycles. The maximum absolute atomic E-state index is 13.8. The van der Waals surface area contributed by atoms with Gasteiger partial charge in [0.15, 0.2) is 12.4 Å². The van der Waals surface area contributed by atoms with Crippen molar-refractivity contribution >= 4 is 29.3 Å². The van der Waals surface area contributed by atoms with E-state index in [1.807, 2.05) is 0 Å². The average molecular weight is 428 g/mol. The van der Waals surface area contributed by atoms with Crippen LogP contribution >= 0.6 is 0 Å². The first-order valence-corrected chi connectivity index (χ1v) is 9.88. The number of carbonyl (C=O) groups excluding carboxylic acids is 4. The fraction of sp³-hybridized carbons (Fsp3) is 0.304. The van der Waals surface area contributed by atoms with E-state index in [0.717, 1.165) is 6.07 Å². The third kappa shape index (κ3) is 6.74. The highest BCUT2D eigenvalue weighted by molar-refractivity contribution is 6.00. The van der Waals surface area contributed by atoms with E-state index in [2.05, 4.69) is 10.6 Å². The van der Waals surface area contributed by atoms with E-state index in [1.165, 1.54) is 30.3 Å². The first-order chi connectivity index (χ1) is 14.7. The number of rotatable bonds is 9. The van der Waals surface area contributed by atoms with E-state index in [-0.39, 0.29) is 17.4 Å². The van der Waals surface area contributed by atoms with Crippen molar-refractivity contribution in [1.29, 1.82) is 0 Å². The molecule has 0 spiro atoms. The Morgan fingerprint density at radius 3 is 2.23 bits per heavy atom. The lowest BCUT2D eigenvalue weighted by Crippen LogP contribution is -2.46. The highest BCUT2D eigenvalue weighted by atomic mass is 19.1. The normalized spacial score (nSPS) is 11.5. The zero-order chi connectivity index (χ0) is 23.0. The number of hydrogen-bond donors (Lipinski definition) is 2. The van der Waals surface area contributed by atoms with Gasteiger partial charge in [0, 0.05) is 17.7 Å². The van der Waals surface area contributed by atoms with Crippen molar-refractivity contribution in [3.63, 3.8) is 0 Å². The molecule has 1 unspecified atom stereocenters. The SMILES string of the molecule is CCC(=O)Nc1ccc(C(=O)COC(=O)C(NC(=O)c2ccccc2F)C(C)C)cc1. The average Bonchev–Trinajstić information content (AvgIpc) is 2.75. The molecule has 31 heavy (non-hydrogen) atoms. The molecule has 2 amide bonds. The molecule has 0 radical (unpaired) electrons. The highest BCUT2D eigenvalue weighted by Crippen LogP contribution is 2.12. The van der Waals surface area contributed by atoms with E-state index in [9.17, 15) is 23.6 Å². The van der Waals surface area contributed by atoms with Crippen molar-refractivity contribution in [3.05, 3.63) is 65.5 Å². The molecule has 0 aliphatic heterocycles. The minimum absolute atomic E-state index is 0.148. The topological polar surface area (TPSA) is 102 Å². The molecule has 2 aromatic carbocycles. The van der Waals surface area contributed by atoms with E-state index >= 15 is 0 Å². The van der Waals surface area contributed by atoms with E-state index in [1.54, 1.807) is 32.9 Å². The molecular formula is C23H25FN2O5. The third-order valence-corrected chi connectivity index (χ3v) is 4.48. The molecule has 0 fully saturated rings. The van der Waals surface area contributed by atoms with Gasteiger partial charge in [0.1, 0.15) is 11.9 Å². The number of nitrogens with one attached hydrogen (secondary N) is 2. The number of esters is 1. The maximum atomic E-state index is 13.8. The molecule has 2 rings (SSSR count). The van der Waals surface area contributed by atoms with Crippen molar-refractivity contribution in [1.82, 2.24) is 5.32 Å². The summed E-state index contributed by atoms with van der Waals surface area (Å²) in [5.74, 6) is -3.18. The molecule has 8 heteroatoms. The number of Topliss-reactive ketones (excluding diaryl/α,β-unsaturated/α-hetero) is 1. The predicted molar refractivity (Wildman–Crippen MR) is 113 cm³/mol. The molecule has 0 saturated carbocycles. The highest BCUT2D eigenvalue weighted by Gasteiger charge is 2.27. The largest absolute Gasteiger partial charge is 0.456 e. The summed E-state index contributed by atoms with van der Waals surface area (Å²) < 4.78 is 18.9. The second kappa shape index (κ2) is 11.0. The van der Waals surface area contributed by atoms with Gasteiger partial charge < -0.3 is 15.4 Å². The lowest BCUT2D eigenvalue weighted by molar-refractivity contribution is -0.146. The summed E-state index contributed by atoms with van der Waals surface area (Å²) in [7, 11) is 0. The summed E-state index contributed by atoms with van der Waals surface area (Å²) >= 11 is 0. The van der Waals surface area contributed by atoms with Crippen LogP contribution < -0.4 is 10.6 Å². The molecule has 0 heterocycles. The molecule has 2 aromatic rings. The Hall–Kier alpha value is -3.55. The smallest absolute Gasteiger partial charge is 0.329 e. The second-order valence-corrected chi connectivity index (χ2v) is 7.18. The Bertz CT molecular complexity index is 957. The van der Waals surface area contributed by atoms with Crippen LogP contribution in [-0.4, -0.2) is 36.2 Å². The van der Waals surface area contributed by atoms with Gasteiger partial charge in [-0.25, -0.2) is 9.18 Å². The zero-order valence-electron chi connectivity index (χ0n) is 17.6. The molecule has 0 aliphatic carbocycles. The number of halogens is 1. The summed E-state index contributed by atoms with van der Waals surface area (Å²) in [6.07, 6.45) is 0.334. The fourth-order valence-electron chi connectivity index (χ4n) is 2.66. The van der Waals surface area contributed by atoms with Crippen LogP contribution in [0.3, 0.4) is 0 Å². The van der Waals surface area contributed by atoms with Gasteiger partial charge in [-0.3, -0.25) is 14.4 Å². The first kappa shape index (κ1) is 23.7. The summed E-state index contributed by atoms with van der Waals surface area (Å²) in [6.45, 7) is 4.60. The van der Waals surface area contributed by atoms with Gasteiger partial charge in [-0.2, -0.15) is 0 Å². The van der Waals surface area contributed by atoms with Crippen molar-refractivity contribution in [2.24, 2.45) is 5.92 Å². The Morgan fingerprint density at radius 2 is 1.65 bits per heavy atom. The molecule has 0 bridgehead atoms. The Kier molecular flexibility index (Phi) is 8.43.